The van der Waals surface area contributed by atoms with Crippen LogP contribution in [0.25, 0.3) is 22.3 Å². The summed E-state index contributed by atoms with van der Waals surface area (Å²) in [6.45, 7) is 4.43. The van der Waals surface area contributed by atoms with Crippen molar-refractivity contribution >= 4 is 16.8 Å². The van der Waals surface area contributed by atoms with Gasteiger partial charge in [-0.15, -0.1) is 0 Å². The molecule has 1 aliphatic rings. The number of primary amides is 1. The van der Waals surface area contributed by atoms with Crippen LogP contribution in [0.3, 0.4) is 0 Å². The number of nitrogens with zero attached hydrogens (tertiary/aromatic N) is 1. The quantitative estimate of drug-likeness (QED) is 0.639. The monoisotopic (exact) mass is 280 g/mol. The van der Waals surface area contributed by atoms with Crippen LogP contribution < -0.4 is 5.73 Å². The van der Waals surface area contributed by atoms with Crippen LogP contribution in [0, 0.1) is 0 Å². The zero-order valence-electron chi connectivity index (χ0n) is 11.9. The Morgan fingerprint density at radius 3 is 2.90 bits per heavy atom. The normalized spacial score (nSPS) is 15.7. The predicted molar refractivity (Wildman–Crippen MR) is 81.1 cm³/mol. The number of hydrogen-bond donors (Lipinski definition) is 3. The molecule has 0 aliphatic heterocycles. The maximum Gasteiger partial charge on any atom is 0.248 e. The van der Waals surface area contributed by atoms with E-state index in [1.807, 2.05) is 18.3 Å². The van der Waals surface area contributed by atoms with E-state index in [2.05, 4.69) is 29.0 Å². The van der Waals surface area contributed by atoms with Gasteiger partial charge in [-0.3, -0.25) is 9.89 Å². The molecule has 106 valence electrons. The lowest BCUT2D eigenvalue weighted by Gasteiger charge is -2.30. The summed E-state index contributed by atoms with van der Waals surface area (Å²) in [5.41, 5.74) is 11.5. The maximum absolute atomic E-state index is 11.4. The number of carbonyl (C=O) groups is 1. The van der Waals surface area contributed by atoms with E-state index in [9.17, 15) is 4.79 Å². The van der Waals surface area contributed by atoms with Crippen LogP contribution in [0.4, 0.5) is 0 Å². The third kappa shape index (κ3) is 1.57. The van der Waals surface area contributed by atoms with Crippen LogP contribution in [0.2, 0.25) is 0 Å². The first-order chi connectivity index (χ1) is 9.97. The first-order valence-electron chi connectivity index (χ1n) is 6.96. The topological polar surface area (TPSA) is 87.6 Å². The molecule has 5 nitrogen and oxygen atoms in total. The Balaban J connectivity index is 2.10. The lowest BCUT2D eigenvalue weighted by Crippen LogP contribution is -2.24. The molecule has 2 heterocycles. The van der Waals surface area contributed by atoms with Crippen molar-refractivity contribution < 1.29 is 4.79 Å². The van der Waals surface area contributed by atoms with Crippen LogP contribution in [0.15, 0.2) is 24.4 Å². The second kappa shape index (κ2) is 3.75. The van der Waals surface area contributed by atoms with Crippen LogP contribution in [0.5, 0.6) is 0 Å². The summed E-state index contributed by atoms with van der Waals surface area (Å²) in [5, 5.41) is 8.30. The van der Waals surface area contributed by atoms with Gasteiger partial charge in [-0.2, -0.15) is 5.10 Å². The third-order valence-electron chi connectivity index (χ3n) is 4.36. The molecule has 1 amide bonds. The van der Waals surface area contributed by atoms with E-state index in [0.29, 0.717) is 5.56 Å². The number of aromatic amines is 2. The van der Waals surface area contributed by atoms with Gasteiger partial charge < -0.3 is 10.7 Å². The molecule has 0 bridgehead atoms. The number of nitrogens with two attached hydrogens (primary N) is 1. The lowest BCUT2D eigenvalue weighted by molar-refractivity contribution is 0.100. The van der Waals surface area contributed by atoms with E-state index in [1.54, 1.807) is 6.07 Å². The molecule has 0 fully saturated rings. The largest absolute Gasteiger partial charge is 0.366 e. The number of carbonyl (C=O) groups excluding carboxylic acids is 1. The van der Waals surface area contributed by atoms with Gasteiger partial charge in [-0.25, -0.2) is 0 Å². The fourth-order valence-electron chi connectivity index (χ4n) is 3.46. The fourth-order valence-corrected chi connectivity index (χ4v) is 3.46. The van der Waals surface area contributed by atoms with Gasteiger partial charge in [0, 0.05) is 22.0 Å². The van der Waals surface area contributed by atoms with Crippen molar-refractivity contribution in [1.82, 2.24) is 15.2 Å². The molecular weight excluding hydrogens is 264 g/mol. The Kier molecular flexibility index (Phi) is 2.18. The van der Waals surface area contributed by atoms with Gasteiger partial charge in [-0.1, -0.05) is 13.8 Å². The number of amides is 1. The summed E-state index contributed by atoms with van der Waals surface area (Å²) >= 11 is 0. The Morgan fingerprint density at radius 2 is 2.14 bits per heavy atom. The number of fused-ring (bicyclic) bond motifs is 5. The second-order valence-corrected chi connectivity index (χ2v) is 6.33. The molecule has 5 heteroatoms. The number of H-pyrrole nitrogens is 2. The maximum atomic E-state index is 11.4. The molecule has 0 saturated heterocycles. The first-order valence-corrected chi connectivity index (χ1v) is 6.96. The van der Waals surface area contributed by atoms with Gasteiger partial charge in [-0.05, 0) is 35.6 Å². The third-order valence-corrected chi connectivity index (χ3v) is 4.36. The summed E-state index contributed by atoms with van der Waals surface area (Å²) in [6, 6.07) is 5.56. The molecular formula is C16H16N4O. The predicted octanol–water partition coefficient (Wildman–Crippen LogP) is 2.49. The summed E-state index contributed by atoms with van der Waals surface area (Å²) < 4.78 is 0. The highest BCUT2D eigenvalue weighted by Gasteiger charge is 2.35. The second-order valence-electron chi connectivity index (χ2n) is 6.33. The first kappa shape index (κ1) is 12.2. The van der Waals surface area contributed by atoms with Crippen molar-refractivity contribution in [2.45, 2.75) is 25.7 Å². The molecule has 1 aromatic carbocycles. The molecule has 4 rings (SSSR count). The van der Waals surface area contributed by atoms with Gasteiger partial charge in [0.25, 0.3) is 0 Å². The van der Waals surface area contributed by atoms with E-state index >= 15 is 0 Å². The standard InChI is InChI=1S/C16H16N4O/c1-16(2)6-9-7-18-20-13(9)14-12(16)10-5-8(15(17)21)3-4-11(10)19-14/h3-5,7,19H,6H2,1-2H3,(H2,17,21)(H,18,20). The van der Waals surface area contributed by atoms with Crippen LogP contribution >= 0.6 is 0 Å². The van der Waals surface area contributed by atoms with Gasteiger partial charge in [0.15, 0.2) is 0 Å². The smallest absolute Gasteiger partial charge is 0.248 e. The average molecular weight is 280 g/mol. The van der Waals surface area contributed by atoms with E-state index < -0.39 is 5.91 Å². The van der Waals surface area contributed by atoms with Gasteiger partial charge in [0.1, 0.15) is 0 Å². The molecule has 3 aromatic rings. The Hall–Kier alpha value is -2.56. The molecule has 1 aliphatic carbocycles. The minimum absolute atomic E-state index is 0.0271. The molecule has 0 unspecified atom stereocenters. The molecule has 4 N–H and O–H groups in total. The number of benzene rings is 1. The summed E-state index contributed by atoms with van der Waals surface area (Å²) in [4.78, 5) is 14.9. The van der Waals surface area contributed by atoms with E-state index in [-0.39, 0.29) is 5.41 Å². The minimum atomic E-state index is -0.400. The zero-order chi connectivity index (χ0) is 14.8. The summed E-state index contributed by atoms with van der Waals surface area (Å²) in [6.07, 6.45) is 2.81. The number of nitrogens with one attached hydrogen (secondary N) is 2. The summed E-state index contributed by atoms with van der Waals surface area (Å²) in [5.74, 6) is -0.400. The Morgan fingerprint density at radius 1 is 1.33 bits per heavy atom. The van der Waals surface area contributed by atoms with Crippen molar-refractivity contribution in [2.24, 2.45) is 5.73 Å². The van der Waals surface area contributed by atoms with E-state index in [4.69, 9.17) is 5.73 Å². The van der Waals surface area contributed by atoms with Crippen LogP contribution in [0.1, 0.15) is 35.3 Å². The molecule has 0 spiro atoms. The van der Waals surface area contributed by atoms with Gasteiger partial charge in [0.05, 0.1) is 17.6 Å². The van der Waals surface area contributed by atoms with Crippen LogP contribution in [-0.2, 0) is 11.8 Å². The molecule has 0 radical (unpaired) electrons. The van der Waals surface area contributed by atoms with Crippen molar-refractivity contribution in [3.05, 3.63) is 41.1 Å². The molecule has 0 saturated carbocycles. The fraction of sp³-hybridized carbons (Fsp3) is 0.250. The van der Waals surface area contributed by atoms with Crippen molar-refractivity contribution in [2.75, 3.05) is 0 Å². The Labute approximate surface area is 121 Å². The SMILES string of the molecule is CC1(C)Cc2cn[nH]c2-c2[nH]c3ccc(C(N)=O)cc3c21. The van der Waals surface area contributed by atoms with Crippen LogP contribution in [-0.4, -0.2) is 21.1 Å². The van der Waals surface area contributed by atoms with Crippen molar-refractivity contribution in [1.29, 1.82) is 0 Å². The molecule has 0 atom stereocenters. The van der Waals surface area contributed by atoms with Crippen molar-refractivity contribution in [3.63, 3.8) is 0 Å². The average Bonchev–Trinajstić information content (AvgIpc) is 3.00. The highest BCUT2D eigenvalue weighted by Crippen LogP contribution is 2.45. The highest BCUT2D eigenvalue weighted by atomic mass is 16.1. The summed E-state index contributed by atoms with van der Waals surface area (Å²) in [7, 11) is 0. The Bertz CT molecular complexity index is 885. The van der Waals surface area contributed by atoms with E-state index in [1.165, 1.54) is 11.1 Å². The van der Waals surface area contributed by atoms with Crippen molar-refractivity contribution in [3.8, 4) is 11.4 Å². The molecule has 21 heavy (non-hydrogen) atoms. The number of hydrogen-bond acceptors (Lipinski definition) is 2. The van der Waals surface area contributed by atoms with E-state index in [0.717, 1.165) is 28.7 Å². The van der Waals surface area contributed by atoms with Gasteiger partial charge in [0.2, 0.25) is 5.91 Å². The number of aromatic nitrogens is 3. The molecule has 2 aromatic heterocycles. The lowest BCUT2D eigenvalue weighted by atomic mass is 9.73. The highest BCUT2D eigenvalue weighted by molar-refractivity contribution is 6.00. The number of rotatable bonds is 1. The van der Waals surface area contributed by atoms with Gasteiger partial charge >= 0.3 is 0 Å². The minimum Gasteiger partial charge on any atom is -0.366 e. The zero-order valence-corrected chi connectivity index (χ0v) is 11.9.